The van der Waals surface area contributed by atoms with E-state index in [1.165, 1.54) is 11.3 Å². The first kappa shape index (κ1) is 14.0. The zero-order valence-electron chi connectivity index (χ0n) is 10.0. The van der Waals surface area contributed by atoms with E-state index in [9.17, 15) is 13.2 Å². The number of alkyl halides is 3. The predicted molar refractivity (Wildman–Crippen MR) is 69.9 cm³/mol. The maximum absolute atomic E-state index is 12.2. The highest BCUT2D eigenvalue weighted by Gasteiger charge is 2.30. The van der Waals surface area contributed by atoms with Crippen LogP contribution in [0.2, 0.25) is 0 Å². The molecule has 0 fully saturated rings. The predicted octanol–water partition coefficient (Wildman–Crippen LogP) is 3.63. The molecular formula is C13H13F3N2S. The molecule has 0 saturated heterocycles. The van der Waals surface area contributed by atoms with Gasteiger partial charge in [-0.3, -0.25) is 0 Å². The molecule has 0 spiro atoms. The first-order chi connectivity index (χ1) is 8.94. The Bertz CT molecular complexity index is 522. The maximum Gasteiger partial charge on any atom is 0.390 e. The molecule has 19 heavy (non-hydrogen) atoms. The molecule has 2 nitrogen and oxygen atoms in total. The summed E-state index contributed by atoms with van der Waals surface area (Å²) >= 11 is 1.34. The number of hydrogen-bond donors (Lipinski definition) is 1. The summed E-state index contributed by atoms with van der Waals surface area (Å²) in [6.45, 7) is 0. The summed E-state index contributed by atoms with van der Waals surface area (Å²) < 4.78 is 36.5. The summed E-state index contributed by atoms with van der Waals surface area (Å²) in [5, 5.41) is 2.47. The third-order valence-electron chi connectivity index (χ3n) is 2.55. The normalized spacial score (nSPS) is 13.5. The van der Waals surface area contributed by atoms with Crippen molar-refractivity contribution in [2.75, 3.05) is 0 Å². The van der Waals surface area contributed by atoms with Crippen LogP contribution in [0.15, 0.2) is 35.7 Å². The second kappa shape index (κ2) is 5.71. The Balaban J connectivity index is 2.02. The number of aromatic nitrogens is 1. The van der Waals surface area contributed by atoms with Crippen molar-refractivity contribution in [2.24, 2.45) is 5.73 Å². The Morgan fingerprint density at radius 1 is 1.21 bits per heavy atom. The van der Waals surface area contributed by atoms with Gasteiger partial charge in [-0.05, 0) is 0 Å². The lowest BCUT2D eigenvalue weighted by Crippen LogP contribution is -2.29. The lowest BCUT2D eigenvalue weighted by Gasteiger charge is -2.12. The summed E-state index contributed by atoms with van der Waals surface area (Å²) in [5.74, 6) is 0. The highest BCUT2D eigenvalue weighted by atomic mass is 32.1. The molecule has 1 atom stereocenters. The fraction of sp³-hybridized carbons (Fsp3) is 0.308. The van der Waals surface area contributed by atoms with Crippen LogP contribution in [-0.4, -0.2) is 17.2 Å². The molecule has 1 unspecified atom stereocenters. The van der Waals surface area contributed by atoms with Gasteiger partial charge in [0.2, 0.25) is 0 Å². The number of benzene rings is 1. The highest BCUT2D eigenvalue weighted by Crippen LogP contribution is 2.25. The van der Waals surface area contributed by atoms with Crippen LogP contribution in [-0.2, 0) is 6.42 Å². The molecule has 0 aliphatic carbocycles. The lowest BCUT2D eigenvalue weighted by molar-refractivity contribution is -0.138. The van der Waals surface area contributed by atoms with Crippen molar-refractivity contribution in [1.82, 2.24) is 4.98 Å². The van der Waals surface area contributed by atoms with Crippen molar-refractivity contribution in [2.45, 2.75) is 25.1 Å². The van der Waals surface area contributed by atoms with Crippen LogP contribution in [0.1, 0.15) is 11.4 Å². The van der Waals surface area contributed by atoms with Gasteiger partial charge in [0.1, 0.15) is 0 Å². The van der Waals surface area contributed by atoms with Crippen molar-refractivity contribution in [3.05, 3.63) is 40.7 Å². The zero-order chi connectivity index (χ0) is 13.9. The summed E-state index contributed by atoms with van der Waals surface area (Å²) in [6, 6.07) is 8.57. The Kier molecular flexibility index (Phi) is 4.21. The second-order valence-corrected chi connectivity index (χ2v) is 5.22. The zero-order valence-corrected chi connectivity index (χ0v) is 10.8. The van der Waals surface area contributed by atoms with Gasteiger partial charge in [0.05, 0.1) is 17.1 Å². The number of thiazole rings is 1. The molecule has 0 bridgehead atoms. The van der Waals surface area contributed by atoms with Gasteiger partial charge in [-0.25, -0.2) is 4.98 Å². The van der Waals surface area contributed by atoms with Crippen LogP contribution >= 0.6 is 11.3 Å². The molecule has 0 saturated carbocycles. The fourth-order valence-corrected chi connectivity index (χ4v) is 2.64. The second-order valence-electron chi connectivity index (χ2n) is 4.28. The van der Waals surface area contributed by atoms with Crippen LogP contribution in [0.3, 0.4) is 0 Å². The number of rotatable bonds is 4. The van der Waals surface area contributed by atoms with Crippen molar-refractivity contribution in [1.29, 1.82) is 0 Å². The van der Waals surface area contributed by atoms with E-state index in [0.717, 1.165) is 11.3 Å². The Hall–Kier alpha value is -1.40. The smallest absolute Gasteiger partial charge is 0.327 e. The van der Waals surface area contributed by atoms with E-state index < -0.39 is 18.6 Å². The van der Waals surface area contributed by atoms with E-state index in [1.807, 2.05) is 35.7 Å². The Morgan fingerprint density at radius 3 is 2.53 bits per heavy atom. The SMILES string of the molecule is NC(Cc1nc(-c2ccccc2)cs1)CC(F)(F)F. The molecule has 1 aromatic heterocycles. The monoisotopic (exact) mass is 286 g/mol. The third-order valence-corrected chi connectivity index (χ3v) is 3.42. The van der Waals surface area contributed by atoms with Gasteiger partial charge in [-0.2, -0.15) is 13.2 Å². The van der Waals surface area contributed by atoms with Gasteiger partial charge < -0.3 is 5.73 Å². The van der Waals surface area contributed by atoms with Crippen LogP contribution in [0, 0.1) is 0 Å². The highest BCUT2D eigenvalue weighted by molar-refractivity contribution is 7.09. The van der Waals surface area contributed by atoms with E-state index in [0.29, 0.717) is 5.01 Å². The van der Waals surface area contributed by atoms with Crippen molar-refractivity contribution < 1.29 is 13.2 Å². The quantitative estimate of drug-likeness (QED) is 0.932. The molecule has 1 aromatic carbocycles. The number of hydrogen-bond acceptors (Lipinski definition) is 3. The Labute approximate surface area is 113 Å². The molecule has 0 radical (unpaired) electrons. The first-order valence-electron chi connectivity index (χ1n) is 5.76. The van der Waals surface area contributed by atoms with Gasteiger partial charge in [0.25, 0.3) is 0 Å². The van der Waals surface area contributed by atoms with Gasteiger partial charge in [0, 0.05) is 23.4 Å². The van der Waals surface area contributed by atoms with Crippen LogP contribution in [0.5, 0.6) is 0 Å². The van der Waals surface area contributed by atoms with E-state index in [2.05, 4.69) is 4.98 Å². The molecule has 2 rings (SSSR count). The molecule has 102 valence electrons. The van der Waals surface area contributed by atoms with Crippen LogP contribution in [0.25, 0.3) is 11.3 Å². The lowest BCUT2D eigenvalue weighted by atomic mass is 10.1. The number of halogens is 3. The van der Waals surface area contributed by atoms with Crippen molar-refractivity contribution >= 4 is 11.3 Å². The minimum Gasteiger partial charge on any atom is -0.327 e. The van der Waals surface area contributed by atoms with Gasteiger partial charge in [-0.15, -0.1) is 11.3 Å². The minimum absolute atomic E-state index is 0.150. The molecule has 2 N–H and O–H groups in total. The summed E-state index contributed by atoms with van der Waals surface area (Å²) in [4.78, 5) is 4.32. The number of nitrogens with zero attached hydrogens (tertiary/aromatic N) is 1. The van der Waals surface area contributed by atoms with E-state index in [-0.39, 0.29) is 6.42 Å². The average molecular weight is 286 g/mol. The van der Waals surface area contributed by atoms with Gasteiger partial charge >= 0.3 is 6.18 Å². The van der Waals surface area contributed by atoms with Crippen LogP contribution in [0.4, 0.5) is 13.2 Å². The Morgan fingerprint density at radius 2 is 1.89 bits per heavy atom. The first-order valence-corrected chi connectivity index (χ1v) is 6.64. The van der Waals surface area contributed by atoms with E-state index >= 15 is 0 Å². The molecule has 0 amide bonds. The molecule has 2 aromatic rings. The van der Waals surface area contributed by atoms with Crippen molar-refractivity contribution in [3.8, 4) is 11.3 Å². The molecular weight excluding hydrogens is 273 g/mol. The van der Waals surface area contributed by atoms with E-state index in [1.54, 1.807) is 0 Å². The summed E-state index contributed by atoms with van der Waals surface area (Å²) in [7, 11) is 0. The van der Waals surface area contributed by atoms with Gasteiger partial charge in [0.15, 0.2) is 0 Å². The molecule has 0 aliphatic rings. The summed E-state index contributed by atoms with van der Waals surface area (Å²) in [5.41, 5.74) is 7.22. The molecule has 1 heterocycles. The standard InChI is InChI=1S/C13H13F3N2S/c14-13(15,16)7-10(17)6-12-18-11(8-19-12)9-4-2-1-3-5-9/h1-5,8,10H,6-7,17H2. The average Bonchev–Trinajstić information content (AvgIpc) is 2.76. The largest absolute Gasteiger partial charge is 0.390 e. The topological polar surface area (TPSA) is 38.9 Å². The van der Waals surface area contributed by atoms with Crippen molar-refractivity contribution in [3.63, 3.8) is 0 Å². The maximum atomic E-state index is 12.2. The van der Waals surface area contributed by atoms with Gasteiger partial charge in [-0.1, -0.05) is 30.3 Å². The van der Waals surface area contributed by atoms with Crippen LogP contribution < -0.4 is 5.73 Å². The minimum atomic E-state index is -4.22. The third kappa shape index (κ3) is 4.33. The van der Waals surface area contributed by atoms with E-state index in [4.69, 9.17) is 5.73 Å². The summed E-state index contributed by atoms with van der Waals surface area (Å²) in [6.07, 6.45) is -5.05. The fourth-order valence-electron chi connectivity index (χ4n) is 1.74. The molecule has 6 heteroatoms. The number of nitrogens with two attached hydrogens (primary N) is 1. The molecule has 0 aliphatic heterocycles.